The zero-order valence-corrected chi connectivity index (χ0v) is 16.4. The normalized spacial score (nSPS) is 11.4. The molecule has 7 nitrogen and oxygen atoms in total. The molecule has 0 aliphatic heterocycles. The summed E-state index contributed by atoms with van der Waals surface area (Å²) in [7, 11) is -1.12. The fourth-order valence-corrected chi connectivity index (χ4v) is 3.26. The van der Waals surface area contributed by atoms with Gasteiger partial charge in [0.1, 0.15) is 16.4 Å². The summed E-state index contributed by atoms with van der Waals surface area (Å²) in [5, 5.41) is 7.74. The number of benzene rings is 2. The van der Waals surface area contributed by atoms with E-state index < -0.39 is 15.9 Å². The Balaban J connectivity index is 2.22. The lowest BCUT2D eigenvalue weighted by molar-refractivity contribution is -0.111. The van der Waals surface area contributed by atoms with Crippen LogP contribution in [0.25, 0.3) is 6.08 Å². The second-order valence-electron chi connectivity index (χ2n) is 5.12. The minimum absolute atomic E-state index is 0.0971. The van der Waals surface area contributed by atoms with Gasteiger partial charge in [0.05, 0.1) is 14.2 Å². The Morgan fingerprint density at radius 2 is 1.77 bits per heavy atom. The summed E-state index contributed by atoms with van der Waals surface area (Å²) < 4.78 is 34.3. The van der Waals surface area contributed by atoms with Crippen LogP contribution in [0.5, 0.6) is 11.5 Å². The van der Waals surface area contributed by atoms with Crippen molar-refractivity contribution in [1.29, 1.82) is 0 Å². The van der Waals surface area contributed by atoms with Gasteiger partial charge >= 0.3 is 0 Å². The first-order valence-electron chi connectivity index (χ1n) is 7.28. The molecule has 0 saturated carbocycles. The van der Waals surface area contributed by atoms with Crippen molar-refractivity contribution in [2.75, 3.05) is 19.5 Å². The maximum atomic E-state index is 12.1. The predicted molar refractivity (Wildman–Crippen MR) is 103 cm³/mol. The number of rotatable bonds is 6. The number of carbonyl (C=O) groups excluding carboxylic acids is 1. The molecule has 0 heterocycles. The van der Waals surface area contributed by atoms with Crippen LogP contribution >= 0.6 is 15.9 Å². The molecular weight excluding hydrogens is 424 g/mol. The van der Waals surface area contributed by atoms with Gasteiger partial charge < -0.3 is 14.8 Å². The highest BCUT2D eigenvalue weighted by atomic mass is 79.9. The molecule has 26 heavy (non-hydrogen) atoms. The molecule has 2 aromatic rings. The lowest BCUT2D eigenvalue weighted by Crippen LogP contribution is -2.15. The molecule has 2 rings (SSSR count). The van der Waals surface area contributed by atoms with E-state index >= 15 is 0 Å². The number of sulfonamides is 1. The van der Waals surface area contributed by atoms with Crippen LogP contribution in [0.3, 0.4) is 0 Å². The highest BCUT2D eigenvalue weighted by molar-refractivity contribution is 9.10. The molecule has 0 aliphatic carbocycles. The number of ether oxygens (including phenoxy) is 2. The lowest BCUT2D eigenvalue weighted by atomic mass is 10.2. The number of nitrogens with one attached hydrogen (secondary N) is 1. The predicted octanol–water partition coefficient (Wildman–Crippen LogP) is 2.77. The number of hydrogen-bond acceptors (Lipinski definition) is 5. The topological polar surface area (TPSA) is 108 Å². The van der Waals surface area contributed by atoms with E-state index in [0.717, 1.165) is 4.47 Å². The highest BCUT2D eigenvalue weighted by Crippen LogP contribution is 2.26. The molecule has 138 valence electrons. The highest BCUT2D eigenvalue weighted by Gasteiger charge is 2.16. The van der Waals surface area contributed by atoms with Crippen LogP contribution in [0.2, 0.25) is 0 Å². The summed E-state index contributed by atoms with van der Waals surface area (Å²) in [4.78, 5) is 11.9. The van der Waals surface area contributed by atoms with Gasteiger partial charge in [-0.1, -0.05) is 15.9 Å². The van der Waals surface area contributed by atoms with Crippen molar-refractivity contribution in [1.82, 2.24) is 0 Å². The molecule has 0 unspecified atom stereocenters. The second-order valence-corrected chi connectivity index (χ2v) is 7.57. The molecule has 0 aromatic heterocycles. The fraction of sp³-hybridized carbons (Fsp3) is 0.118. The summed E-state index contributed by atoms with van der Waals surface area (Å²) in [5.74, 6) is 0.260. The van der Waals surface area contributed by atoms with Gasteiger partial charge in [-0.25, -0.2) is 13.6 Å². The number of nitrogens with two attached hydrogens (primary N) is 1. The van der Waals surface area contributed by atoms with Crippen molar-refractivity contribution in [3.8, 4) is 11.5 Å². The molecule has 0 spiro atoms. The van der Waals surface area contributed by atoms with Crippen LogP contribution in [0.15, 0.2) is 51.8 Å². The maximum Gasteiger partial charge on any atom is 0.248 e. The van der Waals surface area contributed by atoms with Gasteiger partial charge in [0.15, 0.2) is 0 Å². The van der Waals surface area contributed by atoms with E-state index in [0.29, 0.717) is 11.3 Å². The summed E-state index contributed by atoms with van der Waals surface area (Å²) >= 11 is 3.36. The van der Waals surface area contributed by atoms with Crippen LogP contribution in [0.4, 0.5) is 5.69 Å². The van der Waals surface area contributed by atoms with Crippen LogP contribution in [0, 0.1) is 0 Å². The lowest BCUT2D eigenvalue weighted by Gasteiger charge is -2.09. The van der Waals surface area contributed by atoms with Crippen LogP contribution in [-0.4, -0.2) is 28.5 Å². The van der Waals surface area contributed by atoms with E-state index in [4.69, 9.17) is 14.6 Å². The molecule has 0 radical (unpaired) electrons. The van der Waals surface area contributed by atoms with E-state index in [-0.39, 0.29) is 16.3 Å². The summed E-state index contributed by atoms with van der Waals surface area (Å²) in [6.07, 6.45) is 2.90. The van der Waals surface area contributed by atoms with Crippen molar-refractivity contribution in [3.63, 3.8) is 0 Å². The zero-order valence-electron chi connectivity index (χ0n) is 14.0. The monoisotopic (exact) mass is 440 g/mol. The first kappa shape index (κ1) is 20.0. The molecule has 9 heteroatoms. The van der Waals surface area contributed by atoms with E-state index in [1.54, 1.807) is 18.2 Å². The third-order valence-corrected chi connectivity index (χ3v) is 4.77. The summed E-state index contributed by atoms with van der Waals surface area (Å²) in [6.45, 7) is 0. The molecule has 0 bridgehead atoms. The Morgan fingerprint density at radius 3 is 2.38 bits per heavy atom. The molecule has 2 aromatic carbocycles. The minimum atomic E-state index is -3.99. The van der Waals surface area contributed by atoms with Crippen molar-refractivity contribution in [2.24, 2.45) is 5.14 Å². The van der Waals surface area contributed by atoms with Gasteiger partial charge in [-0.2, -0.15) is 0 Å². The summed E-state index contributed by atoms with van der Waals surface area (Å²) in [5.41, 5.74) is 0.975. The van der Waals surface area contributed by atoms with Gasteiger partial charge in [-0.15, -0.1) is 0 Å². The van der Waals surface area contributed by atoms with Gasteiger partial charge in [0.25, 0.3) is 0 Å². The Bertz CT molecular complexity index is 958. The molecule has 3 N–H and O–H groups in total. The zero-order chi connectivity index (χ0) is 19.3. The minimum Gasteiger partial charge on any atom is -0.496 e. The van der Waals surface area contributed by atoms with Crippen LogP contribution < -0.4 is 19.9 Å². The molecule has 0 saturated heterocycles. The van der Waals surface area contributed by atoms with Crippen molar-refractivity contribution in [2.45, 2.75) is 4.90 Å². The Labute approximate surface area is 160 Å². The van der Waals surface area contributed by atoms with Crippen LogP contribution in [-0.2, 0) is 14.8 Å². The largest absolute Gasteiger partial charge is 0.496 e. The van der Waals surface area contributed by atoms with Crippen molar-refractivity contribution < 1.29 is 22.7 Å². The Kier molecular flexibility index (Phi) is 6.41. The number of methoxy groups -OCH3 is 2. The van der Waals surface area contributed by atoms with E-state index in [1.807, 2.05) is 6.07 Å². The maximum absolute atomic E-state index is 12.1. The van der Waals surface area contributed by atoms with E-state index in [1.165, 1.54) is 38.5 Å². The average molecular weight is 441 g/mol. The van der Waals surface area contributed by atoms with Crippen molar-refractivity contribution >= 4 is 43.6 Å². The first-order valence-corrected chi connectivity index (χ1v) is 9.62. The molecule has 0 aliphatic rings. The van der Waals surface area contributed by atoms with Gasteiger partial charge in [-0.3, -0.25) is 4.79 Å². The average Bonchev–Trinajstić information content (AvgIpc) is 2.59. The number of carbonyl (C=O) groups is 1. The molecule has 0 atom stereocenters. The third kappa shape index (κ3) is 5.07. The van der Waals surface area contributed by atoms with Gasteiger partial charge in [0.2, 0.25) is 15.9 Å². The molecular formula is C17H17BrN2O5S. The molecule has 0 fully saturated rings. The standard InChI is InChI=1S/C17H17BrN2O5S/c1-24-14-6-4-12(18)9-11(14)3-8-17(21)20-13-5-7-15(25-2)16(10-13)26(19,22)23/h3-10H,1-2H3,(H,20,21)(H2,19,22,23)/b8-3+. The number of primary sulfonamides is 1. The summed E-state index contributed by atoms with van der Waals surface area (Å²) in [6, 6.07) is 9.55. The number of halogens is 1. The first-order chi connectivity index (χ1) is 12.2. The van der Waals surface area contributed by atoms with Crippen molar-refractivity contribution in [3.05, 3.63) is 52.5 Å². The Hall–Kier alpha value is -2.36. The van der Waals surface area contributed by atoms with E-state index in [2.05, 4.69) is 21.2 Å². The van der Waals surface area contributed by atoms with Gasteiger partial charge in [-0.05, 0) is 42.5 Å². The quantitative estimate of drug-likeness (QED) is 0.671. The van der Waals surface area contributed by atoms with Crippen LogP contribution in [0.1, 0.15) is 5.56 Å². The SMILES string of the molecule is COc1ccc(Br)cc1/C=C/C(=O)Nc1ccc(OC)c(S(N)(=O)=O)c1. The third-order valence-electron chi connectivity index (χ3n) is 3.34. The second kappa shape index (κ2) is 8.35. The smallest absolute Gasteiger partial charge is 0.248 e. The Morgan fingerprint density at radius 1 is 1.12 bits per heavy atom. The van der Waals surface area contributed by atoms with Gasteiger partial charge in [0, 0.05) is 21.8 Å². The van der Waals surface area contributed by atoms with E-state index in [9.17, 15) is 13.2 Å². The fourth-order valence-electron chi connectivity index (χ4n) is 2.16. The number of hydrogen-bond donors (Lipinski definition) is 2. The molecule has 1 amide bonds. The number of anilines is 1. The number of amides is 1.